The second kappa shape index (κ2) is 5.32. The lowest BCUT2D eigenvalue weighted by atomic mass is 10.0. The minimum Gasteiger partial charge on any atom is -0.387 e. The van der Waals surface area contributed by atoms with Crippen molar-refractivity contribution in [2.45, 2.75) is 32.8 Å². The molecule has 78 valence electrons. The van der Waals surface area contributed by atoms with E-state index >= 15 is 0 Å². The fourth-order valence-corrected chi connectivity index (χ4v) is 1.34. The molecule has 3 heteroatoms. The molecule has 0 aliphatic rings. The zero-order valence-corrected chi connectivity index (χ0v) is 9.33. The van der Waals surface area contributed by atoms with Gasteiger partial charge in [-0.3, -0.25) is 4.98 Å². The van der Waals surface area contributed by atoms with E-state index in [0.717, 1.165) is 12.8 Å². The smallest absolute Gasteiger partial charge is 0.0959 e. The monoisotopic (exact) mass is 213 g/mol. The average Bonchev–Trinajstić information content (AvgIpc) is 2.15. The Morgan fingerprint density at radius 1 is 1.36 bits per heavy atom. The summed E-state index contributed by atoms with van der Waals surface area (Å²) in [5.74, 6) is 0.608. The van der Waals surface area contributed by atoms with E-state index in [0.29, 0.717) is 16.6 Å². The number of aromatic nitrogens is 1. The Labute approximate surface area is 89.9 Å². The van der Waals surface area contributed by atoms with E-state index in [-0.39, 0.29) is 0 Å². The molecule has 0 aliphatic carbocycles. The molecule has 0 fully saturated rings. The second-order valence-corrected chi connectivity index (χ2v) is 4.32. The lowest BCUT2D eigenvalue weighted by molar-refractivity contribution is 0.154. The number of hydrogen-bond acceptors (Lipinski definition) is 2. The van der Waals surface area contributed by atoms with E-state index in [1.165, 1.54) is 0 Å². The number of rotatable bonds is 4. The largest absolute Gasteiger partial charge is 0.387 e. The lowest BCUT2D eigenvalue weighted by Gasteiger charge is -2.11. The van der Waals surface area contributed by atoms with E-state index in [4.69, 9.17) is 11.6 Å². The molecule has 1 aromatic heterocycles. The predicted molar refractivity (Wildman–Crippen MR) is 58.3 cm³/mol. The molecular formula is C11H16ClNO. The molecule has 1 heterocycles. The van der Waals surface area contributed by atoms with Crippen molar-refractivity contribution in [2.75, 3.05) is 0 Å². The number of aliphatic hydroxyl groups excluding tert-OH is 1. The average molecular weight is 214 g/mol. The topological polar surface area (TPSA) is 33.1 Å². The maximum atomic E-state index is 9.75. The van der Waals surface area contributed by atoms with Gasteiger partial charge in [0.2, 0.25) is 0 Å². The molecule has 1 unspecified atom stereocenters. The molecule has 0 radical (unpaired) electrons. The summed E-state index contributed by atoms with van der Waals surface area (Å²) < 4.78 is 0. The van der Waals surface area contributed by atoms with Gasteiger partial charge in [0.15, 0.2) is 0 Å². The first kappa shape index (κ1) is 11.5. The molecule has 1 rings (SSSR count). The fraction of sp³-hybridized carbons (Fsp3) is 0.545. The maximum Gasteiger partial charge on any atom is 0.0959 e. The number of halogens is 1. The van der Waals surface area contributed by atoms with E-state index in [1.54, 1.807) is 18.3 Å². The third kappa shape index (κ3) is 3.64. The Kier molecular flexibility index (Phi) is 4.36. The van der Waals surface area contributed by atoms with Crippen LogP contribution in [0.15, 0.2) is 18.3 Å². The SMILES string of the molecule is CC(C)CCC(O)c1ccc(Cl)cn1. The van der Waals surface area contributed by atoms with Crippen LogP contribution in [0.5, 0.6) is 0 Å². The molecule has 1 N–H and O–H groups in total. The summed E-state index contributed by atoms with van der Waals surface area (Å²) in [4.78, 5) is 4.07. The minimum absolute atomic E-state index is 0.463. The summed E-state index contributed by atoms with van der Waals surface area (Å²) >= 11 is 5.70. The molecule has 0 spiro atoms. The fourth-order valence-electron chi connectivity index (χ4n) is 1.22. The van der Waals surface area contributed by atoms with Crippen molar-refractivity contribution >= 4 is 11.6 Å². The standard InChI is InChI=1S/C11H16ClNO/c1-8(2)3-6-11(14)10-5-4-9(12)7-13-10/h4-5,7-8,11,14H,3,6H2,1-2H3. The van der Waals surface area contributed by atoms with Crippen LogP contribution >= 0.6 is 11.6 Å². The van der Waals surface area contributed by atoms with Crippen LogP contribution < -0.4 is 0 Å². The molecular weight excluding hydrogens is 198 g/mol. The molecule has 2 nitrogen and oxygen atoms in total. The molecule has 0 saturated heterocycles. The molecule has 0 saturated carbocycles. The van der Waals surface area contributed by atoms with E-state index < -0.39 is 6.10 Å². The quantitative estimate of drug-likeness (QED) is 0.833. The molecule has 0 amide bonds. The highest BCUT2D eigenvalue weighted by Crippen LogP contribution is 2.19. The van der Waals surface area contributed by atoms with Crippen molar-refractivity contribution in [1.29, 1.82) is 0 Å². The maximum absolute atomic E-state index is 9.75. The van der Waals surface area contributed by atoms with Crippen molar-refractivity contribution in [2.24, 2.45) is 5.92 Å². The van der Waals surface area contributed by atoms with Crippen LogP contribution in [-0.2, 0) is 0 Å². The van der Waals surface area contributed by atoms with Crippen molar-refractivity contribution in [3.8, 4) is 0 Å². The molecule has 0 aromatic carbocycles. The minimum atomic E-state index is -0.463. The van der Waals surface area contributed by atoms with Crippen molar-refractivity contribution in [1.82, 2.24) is 4.98 Å². The normalized spacial score (nSPS) is 13.2. The first-order valence-corrected chi connectivity index (χ1v) is 5.27. The van der Waals surface area contributed by atoms with E-state index in [1.807, 2.05) is 0 Å². The Balaban J connectivity index is 2.52. The summed E-state index contributed by atoms with van der Waals surface area (Å²) in [5.41, 5.74) is 0.704. The third-order valence-corrected chi connectivity index (χ3v) is 2.33. The van der Waals surface area contributed by atoms with Crippen molar-refractivity contribution in [3.63, 3.8) is 0 Å². The number of hydrogen-bond donors (Lipinski definition) is 1. The summed E-state index contributed by atoms with van der Waals surface area (Å²) in [5, 5.41) is 10.4. The van der Waals surface area contributed by atoms with Gasteiger partial charge in [-0.1, -0.05) is 25.4 Å². The zero-order valence-electron chi connectivity index (χ0n) is 8.57. The number of nitrogens with zero attached hydrogens (tertiary/aromatic N) is 1. The van der Waals surface area contributed by atoms with E-state index in [2.05, 4.69) is 18.8 Å². The zero-order chi connectivity index (χ0) is 10.6. The summed E-state index contributed by atoms with van der Waals surface area (Å²) in [7, 11) is 0. The Morgan fingerprint density at radius 3 is 2.57 bits per heavy atom. The second-order valence-electron chi connectivity index (χ2n) is 3.89. The van der Waals surface area contributed by atoms with Crippen LogP contribution in [0.3, 0.4) is 0 Å². The Bertz CT molecular complexity index is 271. The van der Waals surface area contributed by atoms with Gasteiger partial charge in [-0.05, 0) is 30.9 Å². The van der Waals surface area contributed by atoms with Crippen molar-refractivity contribution in [3.05, 3.63) is 29.0 Å². The molecule has 0 bridgehead atoms. The van der Waals surface area contributed by atoms with E-state index in [9.17, 15) is 5.11 Å². The van der Waals surface area contributed by atoms with Crippen LogP contribution in [0.25, 0.3) is 0 Å². The Hall–Kier alpha value is -0.600. The molecule has 0 aliphatic heterocycles. The van der Waals surface area contributed by atoms with Gasteiger partial charge < -0.3 is 5.11 Å². The first-order valence-electron chi connectivity index (χ1n) is 4.89. The van der Waals surface area contributed by atoms with Crippen LogP contribution in [-0.4, -0.2) is 10.1 Å². The highest BCUT2D eigenvalue weighted by Gasteiger charge is 2.09. The highest BCUT2D eigenvalue weighted by molar-refractivity contribution is 6.30. The van der Waals surface area contributed by atoms with Gasteiger partial charge in [0.25, 0.3) is 0 Å². The summed E-state index contributed by atoms with van der Waals surface area (Å²) in [6.07, 6.45) is 2.86. The van der Waals surface area contributed by atoms with Crippen LogP contribution in [0.2, 0.25) is 5.02 Å². The summed E-state index contributed by atoms with van der Waals surface area (Å²) in [6.45, 7) is 4.28. The lowest BCUT2D eigenvalue weighted by Crippen LogP contribution is -2.01. The van der Waals surface area contributed by atoms with Crippen LogP contribution in [0.4, 0.5) is 0 Å². The van der Waals surface area contributed by atoms with Gasteiger partial charge in [0, 0.05) is 6.20 Å². The van der Waals surface area contributed by atoms with Gasteiger partial charge in [-0.2, -0.15) is 0 Å². The van der Waals surface area contributed by atoms with Gasteiger partial charge in [-0.25, -0.2) is 0 Å². The third-order valence-electron chi connectivity index (χ3n) is 2.11. The van der Waals surface area contributed by atoms with Gasteiger partial charge >= 0.3 is 0 Å². The van der Waals surface area contributed by atoms with Crippen LogP contribution in [0.1, 0.15) is 38.5 Å². The highest BCUT2D eigenvalue weighted by atomic mass is 35.5. The number of aliphatic hydroxyl groups is 1. The predicted octanol–water partition coefficient (Wildman–Crippen LogP) is 3.20. The van der Waals surface area contributed by atoms with Gasteiger partial charge in [-0.15, -0.1) is 0 Å². The first-order chi connectivity index (χ1) is 6.59. The number of pyridine rings is 1. The molecule has 1 atom stereocenters. The molecule has 14 heavy (non-hydrogen) atoms. The van der Waals surface area contributed by atoms with Gasteiger partial charge in [0.1, 0.15) is 0 Å². The Morgan fingerprint density at radius 2 is 2.07 bits per heavy atom. The summed E-state index contributed by atoms with van der Waals surface area (Å²) in [6, 6.07) is 3.52. The molecule has 1 aromatic rings. The van der Waals surface area contributed by atoms with Crippen molar-refractivity contribution < 1.29 is 5.11 Å². The van der Waals surface area contributed by atoms with Crippen LogP contribution in [0, 0.1) is 5.92 Å². The van der Waals surface area contributed by atoms with Gasteiger partial charge in [0.05, 0.1) is 16.8 Å².